The fraction of sp³-hybridized carbons (Fsp3) is 0.462. The molecule has 4 N–H and O–H groups in total. The minimum Gasteiger partial charge on any atom is -0.398 e. The summed E-state index contributed by atoms with van der Waals surface area (Å²) in [7, 11) is 0. The van der Waals surface area contributed by atoms with Gasteiger partial charge in [0.1, 0.15) is 0 Å². The van der Waals surface area contributed by atoms with Crippen molar-refractivity contribution in [2.24, 2.45) is 0 Å². The van der Waals surface area contributed by atoms with Crippen LogP contribution in [0.4, 0.5) is 16.2 Å². The number of carbonyl (C=O) groups excluding carboxylic acids is 1. The average Bonchev–Trinajstić information content (AvgIpc) is 2.78. The number of nitrogen functional groups attached to an aromatic ring is 1. The molecular formula is C13H18ClN3O. The Balaban J connectivity index is 2.00. The molecule has 98 valence electrons. The molecule has 5 heteroatoms. The Morgan fingerprint density at radius 3 is 2.72 bits per heavy atom. The number of nitrogens with two attached hydrogens (primary N) is 1. The molecule has 0 spiro atoms. The maximum Gasteiger partial charge on any atom is 0.319 e. The lowest BCUT2D eigenvalue weighted by Gasteiger charge is -2.15. The number of amides is 2. The highest BCUT2D eigenvalue weighted by molar-refractivity contribution is 6.33. The number of carbonyl (C=O) groups is 1. The van der Waals surface area contributed by atoms with E-state index in [-0.39, 0.29) is 6.03 Å². The maximum atomic E-state index is 11.8. The van der Waals surface area contributed by atoms with Gasteiger partial charge in [0.25, 0.3) is 0 Å². The minimum atomic E-state index is -0.175. The summed E-state index contributed by atoms with van der Waals surface area (Å²) in [5, 5.41) is 6.23. The van der Waals surface area contributed by atoms with E-state index in [1.165, 1.54) is 12.8 Å². The normalized spacial score (nSPS) is 15.7. The zero-order valence-electron chi connectivity index (χ0n) is 10.4. The summed E-state index contributed by atoms with van der Waals surface area (Å²) in [6.45, 7) is 1.89. The highest BCUT2D eigenvalue weighted by atomic mass is 35.5. The summed E-state index contributed by atoms with van der Waals surface area (Å²) in [6, 6.07) is 3.56. The predicted octanol–water partition coefficient (Wildman–Crippen LogP) is 3.29. The van der Waals surface area contributed by atoms with Gasteiger partial charge in [-0.15, -0.1) is 0 Å². The van der Waals surface area contributed by atoms with Crippen molar-refractivity contribution in [3.8, 4) is 0 Å². The Bertz CT molecular complexity index is 456. The molecule has 1 aliphatic rings. The van der Waals surface area contributed by atoms with Crippen molar-refractivity contribution in [2.75, 3.05) is 11.1 Å². The van der Waals surface area contributed by atoms with E-state index in [1.807, 2.05) is 6.92 Å². The summed E-state index contributed by atoms with van der Waals surface area (Å²) in [6.07, 6.45) is 4.51. The summed E-state index contributed by atoms with van der Waals surface area (Å²) in [5.41, 5.74) is 7.82. The summed E-state index contributed by atoms with van der Waals surface area (Å²) in [5.74, 6) is 0. The summed E-state index contributed by atoms with van der Waals surface area (Å²) >= 11 is 5.94. The Morgan fingerprint density at radius 2 is 2.06 bits per heavy atom. The Kier molecular flexibility index (Phi) is 3.97. The van der Waals surface area contributed by atoms with Gasteiger partial charge in [-0.2, -0.15) is 0 Å². The second-order valence-corrected chi connectivity index (χ2v) is 5.18. The van der Waals surface area contributed by atoms with Crippen molar-refractivity contribution in [3.05, 3.63) is 22.7 Å². The maximum absolute atomic E-state index is 11.8. The predicted molar refractivity (Wildman–Crippen MR) is 75.0 cm³/mol. The van der Waals surface area contributed by atoms with Gasteiger partial charge in [0.15, 0.2) is 0 Å². The highest BCUT2D eigenvalue weighted by Crippen LogP contribution is 2.26. The standard InChI is InChI=1S/C13H18ClN3O/c1-8-6-11(15)10(14)7-12(8)17-13(18)16-9-4-2-3-5-9/h6-7,9H,2-5,15H2,1H3,(H2,16,17,18). The van der Waals surface area contributed by atoms with Crippen LogP contribution in [0.5, 0.6) is 0 Å². The van der Waals surface area contributed by atoms with Crippen molar-refractivity contribution >= 4 is 29.0 Å². The number of anilines is 2. The molecule has 0 radical (unpaired) electrons. The van der Waals surface area contributed by atoms with E-state index in [2.05, 4.69) is 10.6 Å². The molecule has 2 rings (SSSR count). The fourth-order valence-electron chi connectivity index (χ4n) is 2.25. The molecule has 1 aromatic rings. The van der Waals surface area contributed by atoms with Crippen molar-refractivity contribution in [3.63, 3.8) is 0 Å². The van der Waals surface area contributed by atoms with E-state index in [4.69, 9.17) is 17.3 Å². The second kappa shape index (κ2) is 5.48. The smallest absolute Gasteiger partial charge is 0.319 e. The molecule has 18 heavy (non-hydrogen) atoms. The van der Waals surface area contributed by atoms with E-state index < -0.39 is 0 Å². The van der Waals surface area contributed by atoms with Crippen LogP contribution < -0.4 is 16.4 Å². The molecule has 4 nitrogen and oxygen atoms in total. The second-order valence-electron chi connectivity index (χ2n) is 4.77. The number of halogens is 1. The monoisotopic (exact) mass is 267 g/mol. The Hall–Kier alpha value is -1.42. The molecule has 0 unspecified atom stereocenters. The first-order valence-corrected chi connectivity index (χ1v) is 6.57. The van der Waals surface area contributed by atoms with E-state index in [1.54, 1.807) is 12.1 Å². The van der Waals surface area contributed by atoms with Crippen LogP contribution in [0.15, 0.2) is 12.1 Å². The molecule has 1 fully saturated rings. The zero-order valence-corrected chi connectivity index (χ0v) is 11.2. The van der Waals surface area contributed by atoms with Crippen LogP contribution in [0.1, 0.15) is 31.2 Å². The van der Waals surface area contributed by atoms with Crippen LogP contribution in [0, 0.1) is 6.92 Å². The number of hydrogen-bond donors (Lipinski definition) is 3. The SMILES string of the molecule is Cc1cc(N)c(Cl)cc1NC(=O)NC1CCCC1. The topological polar surface area (TPSA) is 67.1 Å². The lowest BCUT2D eigenvalue weighted by atomic mass is 10.2. The first kappa shape index (κ1) is 13.0. The van der Waals surface area contributed by atoms with Gasteiger partial charge in [0.05, 0.1) is 10.7 Å². The molecule has 1 aliphatic carbocycles. The molecule has 0 aromatic heterocycles. The third-order valence-electron chi connectivity index (χ3n) is 3.28. The van der Waals surface area contributed by atoms with Gasteiger partial charge in [0, 0.05) is 11.7 Å². The van der Waals surface area contributed by atoms with Gasteiger partial charge in [-0.25, -0.2) is 4.79 Å². The third-order valence-corrected chi connectivity index (χ3v) is 3.61. The molecule has 0 aliphatic heterocycles. The molecule has 0 atom stereocenters. The Morgan fingerprint density at radius 1 is 1.39 bits per heavy atom. The van der Waals surface area contributed by atoms with E-state index in [0.29, 0.717) is 22.4 Å². The summed E-state index contributed by atoms with van der Waals surface area (Å²) in [4.78, 5) is 11.8. The molecule has 0 bridgehead atoms. The van der Waals surface area contributed by atoms with Gasteiger partial charge >= 0.3 is 6.03 Å². The molecular weight excluding hydrogens is 250 g/mol. The zero-order chi connectivity index (χ0) is 13.1. The van der Waals surface area contributed by atoms with E-state index in [9.17, 15) is 4.79 Å². The molecule has 2 amide bonds. The fourth-order valence-corrected chi connectivity index (χ4v) is 2.42. The lowest BCUT2D eigenvalue weighted by Crippen LogP contribution is -2.36. The van der Waals surface area contributed by atoms with Crippen LogP contribution in [0.3, 0.4) is 0 Å². The lowest BCUT2D eigenvalue weighted by molar-refractivity contribution is 0.248. The number of benzene rings is 1. The van der Waals surface area contributed by atoms with Crippen LogP contribution in [0.2, 0.25) is 5.02 Å². The first-order chi connectivity index (χ1) is 8.56. The molecule has 0 saturated heterocycles. The van der Waals surface area contributed by atoms with E-state index in [0.717, 1.165) is 18.4 Å². The van der Waals surface area contributed by atoms with Crippen molar-refractivity contribution < 1.29 is 4.79 Å². The van der Waals surface area contributed by atoms with Gasteiger partial charge < -0.3 is 16.4 Å². The minimum absolute atomic E-state index is 0.175. The Labute approximate surface area is 112 Å². The van der Waals surface area contributed by atoms with Crippen molar-refractivity contribution in [1.29, 1.82) is 0 Å². The highest BCUT2D eigenvalue weighted by Gasteiger charge is 2.17. The third kappa shape index (κ3) is 3.07. The molecule has 0 heterocycles. The van der Waals surface area contributed by atoms with Crippen molar-refractivity contribution in [2.45, 2.75) is 38.6 Å². The number of nitrogens with one attached hydrogen (secondary N) is 2. The van der Waals surface area contributed by atoms with E-state index >= 15 is 0 Å². The van der Waals surface area contributed by atoms with Gasteiger partial charge in [0.2, 0.25) is 0 Å². The van der Waals surface area contributed by atoms with Gasteiger partial charge in [-0.05, 0) is 37.5 Å². The number of rotatable bonds is 2. The largest absolute Gasteiger partial charge is 0.398 e. The van der Waals surface area contributed by atoms with Crippen LogP contribution in [-0.4, -0.2) is 12.1 Å². The number of urea groups is 1. The molecule has 1 aromatic carbocycles. The van der Waals surface area contributed by atoms with Crippen LogP contribution >= 0.6 is 11.6 Å². The average molecular weight is 268 g/mol. The molecule has 1 saturated carbocycles. The summed E-state index contributed by atoms with van der Waals surface area (Å²) < 4.78 is 0. The number of aryl methyl sites for hydroxylation is 1. The van der Waals surface area contributed by atoms with Crippen molar-refractivity contribution in [1.82, 2.24) is 5.32 Å². The van der Waals surface area contributed by atoms with Crippen LogP contribution in [0.25, 0.3) is 0 Å². The van der Waals surface area contributed by atoms with Gasteiger partial charge in [-0.1, -0.05) is 24.4 Å². The first-order valence-electron chi connectivity index (χ1n) is 6.19. The van der Waals surface area contributed by atoms with Crippen LogP contribution in [-0.2, 0) is 0 Å². The number of hydrogen-bond acceptors (Lipinski definition) is 2. The van der Waals surface area contributed by atoms with Gasteiger partial charge in [-0.3, -0.25) is 0 Å². The quantitative estimate of drug-likeness (QED) is 0.720.